The summed E-state index contributed by atoms with van der Waals surface area (Å²) in [7, 11) is 2.00. The molecule has 6 rings (SSSR count). The Morgan fingerprint density at radius 3 is 2.31 bits per heavy atom. The monoisotopic (exact) mass is 444 g/mol. The molecule has 1 heterocycles. The van der Waals surface area contributed by atoms with Crippen LogP contribution in [0.2, 0.25) is 0 Å². The average molecular weight is 445 g/mol. The van der Waals surface area contributed by atoms with Gasteiger partial charge in [0.25, 0.3) is 0 Å². The highest BCUT2D eigenvalue weighted by molar-refractivity contribution is 5.26. The molecule has 3 heteroatoms. The van der Waals surface area contributed by atoms with Crippen molar-refractivity contribution in [3.8, 4) is 0 Å². The molecule has 0 radical (unpaired) electrons. The number of rotatable bonds is 3. The number of hydrogen-bond acceptors (Lipinski definition) is 3. The summed E-state index contributed by atoms with van der Waals surface area (Å²) >= 11 is 0. The van der Waals surface area contributed by atoms with Gasteiger partial charge in [-0.25, -0.2) is 0 Å². The topological polar surface area (TPSA) is 38.7 Å². The Kier molecular flexibility index (Phi) is 4.57. The van der Waals surface area contributed by atoms with Gasteiger partial charge >= 0.3 is 0 Å². The fourth-order valence-electron chi connectivity index (χ4n) is 11.2. The molecule has 1 saturated heterocycles. The molecule has 0 aromatic carbocycles. The lowest BCUT2D eigenvalue weighted by Gasteiger charge is -2.61. The van der Waals surface area contributed by atoms with E-state index in [1.54, 1.807) is 0 Å². The van der Waals surface area contributed by atoms with E-state index in [0.717, 1.165) is 30.1 Å². The normalized spacial score (nSPS) is 60.9. The van der Waals surface area contributed by atoms with Crippen LogP contribution in [0.4, 0.5) is 0 Å². The highest BCUT2D eigenvalue weighted by atomic mass is 16.5. The molecule has 5 aliphatic carbocycles. The van der Waals surface area contributed by atoms with Crippen LogP contribution in [0.1, 0.15) is 99.3 Å². The number of methoxy groups -OCH3 is 1. The summed E-state index contributed by atoms with van der Waals surface area (Å²) in [6.07, 6.45) is 12.7. The maximum Gasteiger partial charge on any atom is 0.0927 e. The largest absolute Gasteiger partial charge is 0.387 e. The van der Waals surface area contributed by atoms with Crippen LogP contribution >= 0.6 is 0 Å². The molecule has 0 bridgehead atoms. The van der Waals surface area contributed by atoms with Crippen LogP contribution < -0.4 is 0 Å². The second kappa shape index (κ2) is 6.55. The van der Waals surface area contributed by atoms with Crippen molar-refractivity contribution in [1.82, 2.24) is 0 Å². The molecule has 0 aromatic rings. The summed E-state index contributed by atoms with van der Waals surface area (Å²) in [5.74, 6) is 4.78. The predicted octanol–water partition coefficient (Wildman–Crippen LogP) is 6.22. The summed E-state index contributed by atoms with van der Waals surface area (Å²) in [5.41, 5.74) is 0.275. The second-order valence-electron chi connectivity index (χ2n) is 14.5. The van der Waals surface area contributed by atoms with Crippen LogP contribution in [0.3, 0.4) is 0 Å². The van der Waals surface area contributed by atoms with E-state index in [0.29, 0.717) is 34.2 Å². The van der Waals surface area contributed by atoms with E-state index in [9.17, 15) is 5.11 Å². The van der Waals surface area contributed by atoms with Gasteiger partial charge in [0.15, 0.2) is 0 Å². The van der Waals surface area contributed by atoms with Crippen LogP contribution in [0, 0.1) is 51.8 Å². The molecular weight excluding hydrogens is 396 g/mol. The van der Waals surface area contributed by atoms with Gasteiger partial charge in [0.05, 0.1) is 23.4 Å². The van der Waals surface area contributed by atoms with Crippen LogP contribution in [0.15, 0.2) is 0 Å². The van der Waals surface area contributed by atoms with E-state index in [2.05, 4.69) is 34.6 Å². The Morgan fingerprint density at radius 1 is 0.938 bits per heavy atom. The Balaban J connectivity index is 1.26. The van der Waals surface area contributed by atoms with E-state index in [4.69, 9.17) is 9.47 Å². The van der Waals surface area contributed by atoms with Gasteiger partial charge in [0.1, 0.15) is 0 Å². The third-order valence-electron chi connectivity index (χ3n) is 13.5. The Bertz CT molecular complexity index is 773. The summed E-state index contributed by atoms with van der Waals surface area (Å²) in [5, 5.41) is 11.0. The first-order valence-electron chi connectivity index (χ1n) is 13.8. The number of fused-ring (bicyclic) bond motifs is 4. The zero-order valence-electron chi connectivity index (χ0n) is 21.7. The predicted molar refractivity (Wildman–Crippen MR) is 127 cm³/mol. The van der Waals surface area contributed by atoms with Crippen LogP contribution in [-0.2, 0) is 9.47 Å². The molecule has 5 saturated carbocycles. The molecule has 0 aromatic heterocycles. The van der Waals surface area contributed by atoms with Crippen LogP contribution in [0.25, 0.3) is 0 Å². The lowest BCUT2D eigenvalue weighted by molar-refractivity contribution is -0.164. The average Bonchev–Trinajstić information content (AvgIpc) is 3.12. The lowest BCUT2D eigenvalue weighted by atomic mass is 9.45. The summed E-state index contributed by atoms with van der Waals surface area (Å²) in [6.45, 7) is 13.9. The molecule has 32 heavy (non-hydrogen) atoms. The maximum atomic E-state index is 11.0. The molecule has 0 amide bonds. The van der Waals surface area contributed by atoms with Crippen molar-refractivity contribution in [3.63, 3.8) is 0 Å². The zero-order valence-corrected chi connectivity index (χ0v) is 21.7. The van der Waals surface area contributed by atoms with Gasteiger partial charge in [-0.2, -0.15) is 0 Å². The molecular formula is C29H48O3. The van der Waals surface area contributed by atoms with E-state index in [-0.39, 0.29) is 6.10 Å². The van der Waals surface area contributed by atoms with Crippen molar-refractivity contribution in [2.45, 2.75) is 123 Å². The first kappa shape index (κ1) is 22.4. The second-order valence-corrected chi connectivity index (χ2v) is 14.5. The van der Waals surface area contributed by atoms with E-state index >= 15 is 0 Å². The molecule has 0 unspecified atom stereocenters. The fourth-order valence-corrected chi connectivity index (χ4v) is 11.2. The summed E-state index contributed by atoms with van der Waals surface area (Å²) in [4.78, 5) is 0. The van der Waals surface area contributed by atoms with E-state index in [1.165, 1.54) is 51.4 Å². The van der Waals surface area contributed by atoms with E-state index < -0.39 is 11.2 Å². The van der Waals surface area contributed by atoms with Gasteiger partial charge in [-0.05, 0) is 118 Å². The summed E-state index contributed by atoms with van der Waals surface area (Å²) < 4.78 is 12.8. The van der Waals surface area contributed by atoms with Gasteiger partial charge in [-0.3, -0.25) is 0 Å². The molecule has 12 atom stereocenters. The van der Waals surface area contributed by atoms with Crippen LogP contribution in [-0.4, -0.2) is 35.6 Å². The minimum atomic E-state index is -0.732. The Hall–Kier alpha value is -0.120. The number of hydrogen-bond donors (Lipinski definition) is 1. The molecule has 182 valence electrons. The first-order chi connectivity index (χ1) is 14.9. The Morgan fingerprint density at radius 2 is 1.69 bits per heavy atom. The molecule has 1 aliphatic heterocycles. The van der Waals surface area contributed by atoms with Crippen molar-refractivity contribution >= 4 is 0 Å². The number of aliphatic hydroxyl groups is 1. The molecule has 3 nitrogen and oxygen atoms in total. The Labute approximate surface area is 196 Å². The lowest BCUT2D eigenvalue weighted by Crippen LogP contribution is -2.57. The van der Waals surface area contributed by atoms with Gasteiger partial charge in [0.2, 0.25) is 0 Å². The standard InChI is InChI=1S/C29H48O3/c1-17(23-16-28(6,30)25(2,3)32-23)20-8-9-21-19-14-24(31-7)29-15-18(29)10-13-27(29,5)22(19)11-12-26(20,21)4/h17-24,30H,8-16H2,1-7H3/t17-,18+,19-,20+,21-,22-,23-,24+,26+,27+,28-,29-/m0/s1. The third kappa shape index (κ3) is 2.50. The first-order valence-corrected chi connectivity index (χ1v) is 13.8. The summed E-state index contributed by atoms with van der Waals surface area (Å²) in [6, 6.07) is 0. The van der Waals surface area contributed by atoms with Crippen molar-refractivity contribution in [1.29, 1.82) is 0 Å². The highest BCUT2D eigenvalue weighted by Gasteiger charge is 2.77. The smallest absolute Gasteiger partial charge is 0.0927 e. The quantitative estimate of drug-likeness (QED) is 0.561. The SMILES string of the molecule is CO[C@@H]1C[C@H]2[C@@H]3CC[C@H]([C@H](C)[C@@H]4C[C@](C)(O)C(C)(C)O4)[C@@]3(C)CC[C@@H]2[C@@]2(C)CC[C@@H]3C[C@]312. The van der Waals surface area contributed by atoms with Gasteiger partial charge < -0.3 is 14.6 Å². The van der Waals surface area contributed by atoms with Gasteiger partial charge in [-0.15, -0.1) is 0 Å². The van der Waals surface area contributed by atoms with Crippen molar-refractivity contribution in [2.24, 2.45) is 51.8 Å². The number of ether oxygens (including phenoxy) is 2. The molecule has 1 N–H and O–H groups in total. The molecule has 6 fully saturated rings. The fraction of sp³-hybridized carbons (Fsp3) is 1.00. The zero-order chi connectivity index (χ0) is 22.9. The molecule has 6 aliphatic rings. The van der Waals surface area contributed by atoms with Crippen molar-refractivity contribution in [2.75, 3.05) is 7.11 Å². The third-order valence-corrected chi connectivity index (χ3v) is 13.5. The maximum absolute atomic E-state index is 11.0. The van der Waals surface area contributed by atoms with Crippen LogP contribution in [0.5, 0.6) is 0 Å². The van der Waals surface area contributed by atoms with Crippen molar-refractivity contribution in [3.05, 3.63) is 0 Å². The minimum Gasteiger partial charge on any atom is -0.387 e. The van der Waals surface area contributed by atoms with E-state index in [1.807, 2.05) is 14.0 Å². The van der Waals surface area contributed by atoms with Gasteiger partial charge in [-0.1, -0.05) is 20.8 Å². The van der Waals surface area contributed by atoms with Crippen molar-refractivity contribution < 1.29 is 14.6 Å². The highest BCUT2D eigenvalue weighted by Crippen LogP contribution is 2.82. The molecule has 1 spiro atoms. The minimum absolute atomic E-state index is 0.180. The van der Waals surface area contributed by atoms with Gasteiger partial charge in [0, 0.05) is 18.9 Å².